The molecule has 0 saturated carbocycles. The van der Waals surface area contributed by atoms with Crippen LogP contribution in [0.4, 0.5) is 13.2 Å². The first kappa shape index (κ1) is 12.6. The van der Waals surface area contributed by atoms with Crippen molar-refractivity contribution in [2.75, 3.05) is 0 Å². The molecule has 3 aromatic heterocycles. The highest BCUT2D eigenvalue weighted by Gasteiger charge is 2.35. The Morgan fingerprint density at radius 2 is 2.00 bits per heavy atom. The number of hydrogen-bond acceptors (Lipinski definition) is 3. The average Bonchev–Trinajstić information content (AvgIpc) is 2.92. The predicted molar refractivity (Wildman–Crippen MR) is 64.9 cm³/mol. The fourth-order valence-corrected chi connectivity index (χ4v) is 2.10. The summed E-state index contributed by atoms with van der Waals surface area (Å²) in [4.78, 5) is 4.20. The second kappa shape index (κ2) is 4.06. The van der Waals surface area contributed by atoms with Crippen LogP contribution in [-0.2, 0) is 13.2 Å². The molecule has 0 aliphatic heterocycles. The summed E-state index contributed by atoms with van der Waals surface area (Å²) >= 11 is 0. The second-order valence-corrected chi connectivity index (χ2v) is 4.43. The minimum atomic E-state index is -4.50. The van der Waals surface area contributed by atoms with Gasteiger partial charge in [0, 0.05) is 24.9 Å². The van der Waals surface area contributed by atoms with Crippen molar-refractivity contribution in [1.29, 1.82) is 0 Å². The topological polar surface area (TPSA) is 48.0 Å². The minimum absolute atomic E-state index is 0.151. The summed E-state index contributed by atoms with van der Waals surface area (Å²) in [6.45, 7) is 1.73. The Hall–Kier alpha value is -2.38. The van der Waals surface area contributed by atoms with E-state index in [9.17, 15) is 13.2 Å². The first-order chi connectivity index (χ1) is 9.36. The van der Waals surface area contributed by atoms with Crippen LogP contribution in [0.3, 0.4) is 0 Å². The van der Waals surface area contributed by atoms with E-state index in [0.717, 1.165) is 10.6 Å². The molecule has 0 aliphatic carbocycles. The standard InChI is InChI=1S/C12H10F3N5/c1-7-8(6-19(2)18-7)9-5-10(12(13,14)15)20-11(17-9)3-4-16-20/h3-6H,1-2H3. The van der Waals surface area contributed by atoms with Gasteiger partial charge < -0.3 is 0 Å². The van der Waals surface area contributed by atoms with Crippen LogP contribution in [0, 0.1) is 6.92 Å². The summed E-state index contributed by atoms with van der Waals surface area (Å²) in [5.41, 5.74) is 0.721. The third-order valence-electron chi connectivity index (χ3n) is 2.94. The fraction of sp³-hybridized carbons (Fsp3) is 0.250. The van der Waals surface area contributed by atoms with E-state index in [1.165, 1.54) is 12.3 Å². The third-order valence-corrected chi connectivity index (χ3v) is 2.94. The molecule has 0 N–H and O–H groups in total. The molecule has 20 heavy (non-hydrogen) atoms. The molecule has 0 spiro atoms. The van der Waals surface area contributed by atoms with Gasteiger partial charge in [-0.25, -0.2) is 9.50 Å². The number of halogens is 3. The molecule has 5 nitrogen and oxygen atoms in total. The molecule has 0 saturated heterocycles. The van der Waals surface area contributed by atoms with Crippen LogP contribution >= 0.6 is 0 Å². The summed E-state index contributed by atoms with van der Waals surface area (Å²) in [5, 5.41) is 7.78. The maximum absolute atomic E-state index is 13.1. The number of aryl methyl sites for hydroxylation is 2. The maximum atomic E-state index is 13.1. The minimum Gasteiger partial charge on any atom is -0.275 e. The zero-order valence-corrected chi connectivity index (χ0v) is 10.7. The molecule has 104 valence electrons. The molecule has 3 heterocycles. The van der Waals surface area contributed by atoms with Gasteiger partial charge in [0.15, 0.2) is 11.3 Å². The van der Waals surface area contributed by atoms with Crippen LogP contribution in [0.25, 0.3) is 16.9 Å². The third kappa shape index (κ3) is 1.93. The Morgan fingerprint density at radius 1 is 1.25 bits per heavy atom. The maximum Gasteiger partial charge on any atom is 0.433 e. The lowest BCUT2D eigenvalue weighted by Crippen LogP contribution is -2.13. The van der Waals surface area contributed by atoms with Crippen molar-refractivity contribution in [3.63, 3.8) is 0 Å². The van der Waals surface area contributed by atoms with E-state index in [-0.39, 0.29) is 11.3 Å². The highest BCUT2D eigenvalue weighted by atomic mass is 19.4. The Labute approximate surface area is 111 Å². The van der Waals surface area contributed by atoms with Crippen LogP contribution in [-0.4, -0.2) is 24.4 Å². The van der Waals surface area contributed by atoms with E-state index in [2.05, 4.69) is 15.2 Å². The molecular formula is C12H10F3N5. The molecule has 0 unspecified atom stereocenters. The van der Waals surface area contributed by atoms with Crippen molar-refractivity contribution >= 4 is 5.65 Å². The van der Waals surface area contributed by atoms with Gasteiger partial charge in [0.25, 0.3) is 0 Å². The number of fused-ring (bicyclic) bond motifs is 1. The monoisotopic (exact) mass is 281 g/mol. The van der Waals surface area contributed by atoms with Gasteiger partial charge in [-0.15, -0.1) is 0 Å². The van der Waals surface area contributed by atoms with Gasteiger partial charge >= 0.3 is 6.18 Å². The summed E-state index contributed by atoms with van der Waals surface area (Å²) in [5.74, 6) is 0. The van der Waals surface area contributed by atoms with Crippen molar-refractivity contribution < 1.29 is 13.2 Å². The summed E-state index contributed by atoms with van der Waals surface area (Å²) in [6.07, 6.45) is -1.57. The molecule has 8 heteroatoms. The SMILES string of the molecule is Cc1nn(C)cc1-c1cc(C(F)(F)F)n2nccc2n1. The van der Waals surface area contributed by atoms with E-state index in [4.69, 9.17) is 0 Å². The van der Waals surface area contributed by atoms with Crippen LogP contribution in [0.2, 0.25) is 0 Å². The van der Waals surface area contributed by atoms with Gasteiger partial charge in [0.1, 0.15) is 0 Å². The summed E-state index contributed by atoms with van der Waals surface area (Å²) in [7, 11) is 1.71. The van der Waals surface area contributed by atoms with Gasteiger partial charge in [-0.3, -0.25) is 4.68 Å². The number of nitrogens with zero attached hydrogens (tertiary/aromatic N) is 5. The Bertz CT molecular complexity index is 784. The number of alkyl halides is 3. The van der Waals surface area contributed by atoms with Crippen LogP contribution < -0.4 is 0 Å². The van der Waals surface area contributed by atoms with Gasteiger partial charge in [0.2, 0.25) is 0 Å². The van der Waals surface area contributed by atoms with Crippen molar-refractivity contribution in [3.05, 3.63) is 35.9 Å². The smallest absolute Gasteiger partial charge is 0.275 e. The lowest BCUT2D eigenvalue weighted by atomic mass is 10.1. The Morgan fingerprint density at radius 3 is 2.60 bits per heavy atom. The fourth-order valence-electron chi connectivity index (χ4n) is 2.10. The lowest BCUT2D eigenvalue weighted by molar-refractivity contribution is -0.142. The van der Waals surface area contributed by atoms with E-state index in [1.807, 2.05) is 0 Å². The first-order valence-corrected chi connectivity index (χ1v) is 5.79. The normalized spacial score (nSPS) is 12.2. The van der Waals surface area contributed by atoms with E-state index < -0.39 is 11.9 Å². The number of hydrogen-bond donors (Lipinski definition) is 0. The molecule has 0 aliphatic rings. The second-order valence-electron chi connectivity index (χ2n) is 4.43. The van der Waals surface area contributed by atoms with E-state index in [1.54, 1.807) is 24.9 Å². The molecule has 0 atom stereocenters. The average molecular weight is 281 g/mol. The van der Waals surface area contributed by atoms with Crippen LogP contribution in [0.1, 0.15) is 11.4 Å². The molecule has 3 rings (SSSR count). The first-order valence-electron chi connectivity index (χ1n) is 5.79. The molecular weight excluding hydrogens is 271 g/mol. The quantitative estimate of drug-likeness (QED) is 0.688. The number of aromatic nitrogens is 5. The van der Waals surface area contributed by atoms with Crippen LogP contribution in [0.5, 0.6) is 0 Å². The van der Waals surface area contributed by atoms with Crippen molar-refractivity contribution in [1.82, 2.24) is 24.4 Å². The molecule has 0 radical (unpaired) electrons. The molecule has 0 amide bonds. The van der Waals surface area contributed by atoms with Gasteiger partial charge in [-0.1, -0.05) is 0 Å². The van der Waals surface area contributed by atoms with Gasteiger partial charge in [-0.05, 0) is 13.0 Å². The Balaban J connectivity index is 2.30. The molecule has 0 aromatic carbocycles. The van der Waals surface area contributed by atoms with Crippen molar-refractivity contribution in [3.8, 4) is 11.3 Å². The highest BCUT2D eigenvalue weighted by Crippen LogP contribution is 2.32. The van der Waals surface area contributed by atoms with Crippen LogP contribution in [0.15, 0.2) is 24.5 Å². The van der Waals surface area contributed by atoms with Crippen molar-refractivity contribution in [2.45, 2.75) is 13.1 Å². The van der Waals surface area contributed by atoms with Gasteiger partial charge in [-0.2, -0.15) is 23.4 Å². The summed E-state index contributed by atoms with van der Waals surface area (Å²) < 4.78 is 41.6. The van der Waals surface area contributed by atoms with E-state index in [0.29, 0.717) is 11.3 Å². The molecule has 0 fully saturated rings. The zero-order valence-electron chi connectivity index (χ0n) is 10.7. The Kier molecular flexibility index (Phi) is 2.56. The molecule has 3 aromatic rings. The predicted octanol–water partition coefficient (Wildman–Crippen LogP) is 2.46. The van der Waals surface area contributed by atoms with Crippen molar-refractivity contribution in [2.24, 2.45) is 7.05 Å². The highest BCUT2D eigenvalue weighted by molar-refractivity contribution is 5.64. The summed E-state index contributed by atoms with van der Waals surface area (Å²) in [6, 6.07) is 2.43. The molecule has 0 bridgehead atoms. The van der Waals surface area contributed by atoms with Gasteiger partial charge in [0.05, 0.1) is 17.6 Å². The van der Waals surface area contributed by atoms with E-state index >= 15 is 0 Å². The number of rotatable bonds is 1. The largest absolute Gasteiger partial charge is 0.433 e. The zero-order chi connectivity index (χ0) is 14.5. The lowest BCUT2D eigenvalue weighted by Gasteiger charge is -2.10.